The smallest absolute Gasteiger partial charge is 0.254 e. The first-order valence-corrected chi connectivity index (χ1v) is 7.31. The molecule has 1 amide bonds. The molecule has 1 atom stereocenters. The Morgan fingerprint density at radius 3 is 2.73 bits per heavy atom. The minimum absolute atomic E-state index is 0.0252. The van der Waals surface area contributed by atoms with E-state index in [4.69, 9.17) is 0 Å². The third kappa shape index (κ3) is 1.68. The molecule has 0 saturated carbocycles. The maximum Gasteiger partial charge on any atom is 0.254 e. The standard InChI is InChI=1S/C17H15N3O2/c1-19-14(6-7-16(19)21)17(22)20-13-5-3-2-4-11(13)12-8-9-18-10-15(12)20/h2-5,8-10,14H,6-7H2,1H3/t14-/m0/s1. The normalized spacial score (nSPS) is 18.5. The third-order valence-corrected chi connectivity index (χ3v) is 4.47. The van der Waals surface area contributed by atoms with Crippen LogP contribution in [-0.2, 0) is 4.79 Å². The van der Waals surface area contributed by atoms with E-state index in [2.05, 4.69) is 4.98 Å². The Labute approximate surface area is 127 Å². The van der Waals surface area contributed by atoms with Crippen LogP contribution in [-0.4, -0.2) is 39.4 Å². The first-order valence-electron chi connectivity index (χ1n) is 7.31. The minimum atomic E-state index is -0.397. The number of carbonyl (C=O) groups is 2. The predicted molar refractivity (Wildman–Crippen MR) is 83.7 cm³/mol. The van der Waals surface area contributed by atoms with Crippen molar-refractivity contribution in [2.24, 2.45) is 0 Å². The molecule has 0 radical (unpaired) electrons. The molecule has 1 aromatic carbocycles. The van der Waals surface area contributed by atoms with Crippen molar-refractivity contribution in [2.75, 3.05) is 7.05 Å². The van der Waals surface area contributed by atoms with Crippen molar-refractivity contribution >= 4 is 33.6 Å². The van der Waals surface area contributed by atoms with Crippen LogP contribution < -0.4 is 0 Å². The number of nitrogens with zero attached hydrogens (tertiary/aromatic N) is 3. The van der Waals surface area contributed by atoms with E-state index in [0.29, 0.717) is 12.8 Å². The number of fused-ring (bicyclic) bond motifs is 3. The first-order chi connectivity index (χ1) is 10.7. The van der Waals surface area contributed by atoms with Crippen molar-refractivity contribution in [3.8, 4) is 0 Å². The third-order valence-electron chi connectivity index (χ3n) is 4.47. The van der Waals surface area contributed by atoms with Gasteiger partial charge in [0.2, 0.25) is 5.91 Å². The highest BCUT2D eigenvalue weighted by molar-refractivity contribution is 6.14. The molecule has 4 rings (SSSR count). The maximum absolute atomic E-state index is 13.0. The number of rotatable bonds is 1. The summed E-state index contributed by atoms with van der Waals surface area (Å²) in [5.74, 6) is -0.0372. The highest BCUT2D eigenvalue weighted by atomic mass is 16.2. The van der Waals surface area contributed by atoms with Crippen LogP contribution >= 0.6 is 0 Å². The number of hydrogen-bond acceptors (Lipinski definition) is 3. The van der Waals surface area contributed by atoms with Crippen LogP contribution in [0.15, 0.2) is 42.7 Å². The summed E-state index contributed by atoms with van der Waals surface area (Å²) < 4.78 is 1.71. The Morgan fingerprint density at radius 1 is 1.18 bits per heavy atom. The highest BCUT2D eigenvalue weighted by Gasteiger charge is 2.35. The van der Waals surface area contributed by atoms with Gasteiger partial charge >= 0.3 is 0 Å². The zero-order valence-corrected chi connectivity index (χ0v) is 12.2. The number of aromatic nitrogens is 2. The Morgan fingerprint density at radius 2 is 1.95 bits per heavy atom. The molecule has 0 aliphatic carbocycles. The summed E-state index contributed by atoms with van der Waals surface area (Å²) in [6.07, 6.45) is 4.45. The van der Waals surface area contributed by atoms with Gasteiger partial charge in [-0.25, -0.2) is 0 Å². The molecule has 1 saturated heterocycles. The van der Waals surface area contributed by atoms with Crippen LogP contribution in [0.3, 0.4) is 0 Å². The first kappa shape index (κ1) is 13.0. The number of benzene rings is 1. The lowest BCUT2D eigenvalue weighted by Crippen LogP contribution is -2.38. The van der Waals surface area contributed by atoms with Crippen molar-refractivity contribution in [1.29, 1.82) is 0 Å². The quantitative estimate of drug-likeness (QED) is 0.692. The number of carbonyl (C=O) groups excluding carboxylic acids is 2. The Bertz CT molecular complexity index is 859. The zero-order valence-electron chi connectivity index (χ0n) is 12.2. The van der Waals surface area contributed by atoms with Crippen LogP contribution in [0.5, 0.6) is 0 Å². The summed E-state index contributed by atoms with van der Waals surface area (Å²) in [6.45, 7) is 0. The monoisotopic (exact) mass is 293 g/mol. The molecule has 3 aromatic rings. The van der Waals surface area contributed by atoms with Crippen molar-refractivity contribution in [3.05, 3.63) is 42.7 Å². The van der Waals surface area contributed by atoms with E-state index >= 15 is 0 Å². The van der Waals surface area contributed by atoms with Gasteiger partial charge in [0.15, 0.2) is 0 Å². The van der Waals surface area contributed by atoms with Crippen molar-refractivity contribution in [2.45, 2.75) is 18.9 Å². The molecule has 0 spiro atoms. The number of hydrogen-bond donors (Lipinski definition) is 0. The molecule has 5 nitrogen and oxygen atoms in total. The van der Waals surface area contributed by atoms with Gasteiger partial charge in [-0.3, -0.25) is 19.1 Å². The molecule has 0 N–H and O–H groups in total. The number of likely N-dealkylation sites (tertiary alicyclic amines) is 1. The van der Waals surface area contributed by atoms with E-state index in [0.717, 1.165) is 21.8 Å². The number of para-hydroxylation sites is 1. The number of likely N-dealkylation sites (N-methyl/N-ethyl adjacent to an activating group) is 1. The van der Waals surface area contributed by atoms with Crippen LogP contribution in [0, 0.1) is 0 Å². The second-order valence-corrected chi connectivity index (χ2v) is 5.64. The van der Waals surface area contributed by atoms with Gasteiger partial charge in [-0.15, -0.1) is 0 Å². The summed E-state index contributed by atoms with van der Waals surface area (Å²) in [4.78, 5) is 30.5. The largest absolute Gasteiger partial charge is 0.334 e. The lowest BCUT2D eigenvalue weighted by atomic mass is 10.2. The number of pyridine rings is 1. The Balaban J connectivity index is 1.97. The number of amides is 1. The fraction of sp³-hybridized carbons (Fsp3) is 0.235. The van der Waals surface area contributed by atoms with Gasteiger partial charge in [0.25, 0.3) is 5.91 Å². The van der Waals surface area contributed by atoms with E-state index in [-0.39, 0.29) is 11.8 Å². The van der Waals surface area contributed by atoms with Gasteiger partial charge in [-0.1, -0.05) is 18.2 Å². The summed E-state index contributed by atoms with van der Waals surface area (Å²) in [6, 6.07) is 9.34. The maximum atomic E-state index is 13.0. The molecule has 1 fully saturated rings. The molecular formula is C17H15N3O2. The summed E-state index contributed by atoms with van der Waals surface area (Å²) >= 11 is 0. The molecule has 1 aliphatic rings. The minimum Gasteiger partial charge on any atom is -0.334 e. The SMILES string of the molecule is CN1C(=O)CC[C@H]1C(=O)n1c2ccccc2c2ccncc21. The molecule has 0 unspecified atom stereocenters. The van der Waals surface area contributed by atoms with E-state index < -0.39 is 6.04 Å². The summed E-state index contributed by atoms with van der Waals surface area (Å²) in [7, 11) is 1.70. The van der Waals surface area contributed by atoms with Gasteiger partial charge in [0, 0.05) is 30.4 Å². The van der Waals surface area contributed by atoms with E-state index in [1.165, 1.54) is 0 Å². The van der Waals surface area contributed by atoms with E-state index in [1.807, 2.05) is 30.3 Å². The lowest BCUT2D eigenvalue weighted by Gasteiger charge is -2.19. The average Bonchev–Trinajstić information content (AvgIpc) is 3.05. The molecule has 1 aliphatic heterocycles. The highest BCUT2D eigenvalue weighted by Crippen LogP contribution is 2.30. The van der Waals surface area contributed by atoms with Gasteiger partial charge < -0.3 is 4.90 Å². The summed E-state index contributed by atoms with van der Waals surface area (Å²) in [5.41, 5.74) is 1.66. The van der Waals surface area contributed by atoms with Gasteiger partial charge in [-0.2, -0.15) is 0 Å². The molecule has 3 heterocycles. The fourth-order valence-corrected chi connectivity index (χ4v) is 3.30. The van der Waals surface area contributed by atoms with E-state index in [1.54, 1.807) is 28.9 Å². The van der Waals surface area contributed by atoms with E-state index in [9.17, 15) is 9.59 Å². The summed E-state index contributed by atoms with van der Waals surface area (Å²) in [5, 5.41) is 2.03. The van der Waals surface area contributed by atoms with Crippen molar-refractivity contribution in [1.82, 2.24) is 14.5 Å². The predicted octanol–water partition coefficient (Wildman–Crippen LogP) is 2.45. The van der Waals surface area contributed by atoms with Crippen LogP contribution in [0.1, 0.15) is 17.6 Å². The zero-order chi connectivity index (χ0) is 15.3. The van der Waals surface area contributed by atoms with Crippen LogP contribution in [0.25, 0.3) is 21.8 Å². The lowest BCUT2D eigenvalue weighted by molar-refractivity contribution is -0.127. The topological polar surface area (TPSA) is 55.2 Å². The molecule has 0 bridgehead atoms. The van der Waals surface area contributed by atoms with Gasteiger partial charge in [0.05, 0.1) is 17.2 Å². The van der Waals surface area contributed by atoms with Crippen LogP contribution in [0.4, 0.5) is 0 Å². The van der Waals surface area contributed by atoms with Crippen molar-refractivity contribution < 1.29 is 9.59 Å². The Hall–Kier alpha value is -2.69. The molecule has 2 aromatic heterocycles. The van der Waals surface area contributed by atoms with Crippen LogP contribution in [0.2, 0.25) is 0 Å². The molecular weight excluding hydrogens is 278 g/mol. The average molecular weight is 293 g/mol. The van der Waals surface area contributed by atoms with Gasteiger partial charge in [0.1, 0.15) is 6.04 Å². The van der Waals surface area contributed by atoms with Gasteiger partial charge in [-0.05, 0) is 18.6 Å². The molecule has 22 heavy (non-hydrogen) atoms. The second kappa shape index (κ2) is 4.66. The second-order valence-electron chi connectivity index (χ2n) is 5.64. The Kier molecular flexibility index (Phi) is 2.76. The van der Waals surface area contributed by atoms with Crippen molar-refractivity contribution in [3.63, 3.8) is 0 Å². The fourth-order valence-electron chi connectivity index (χ4n) is 3.30. The molecule has 5 heteroatoms. The molecule has 110 valence electrons.